The van der Waals surface area contributed by atoms with Crippen molar-refractivity contribution in [2.24, 2.45) is 0 Å². The van der Waals surface area contributed by atoms with Gasteiger partial charge >= 0.3 is 5.97 Å². The van der Waals surface area contributed by atoms with Crippen LogP contribution in [-0.4, -0.2) is 20.5 Å². The quantitative estimate of drug-likeness (QED) is 0.923. The molecule has 0 aliphatic carbocycles. The Balaban J connectivity index is 2.95. The van der Waals surface area contributed by atoms with Crippen LogP contribution in [0.4, 0.5) is 0 Å². The number of aliphatic carboxylic acids is 1. The van der Waals surface area contributed by atoms with Gasteiger partial charge in [0.2, 0.25) is 0 Å². The van der Waals surface area contributed by atoms with Crippen LogP contribution in [0, 0.1) is 0 Å². The molecule has 0 aliphatic rings. The monoisotopic (exact) mass is 280 g/mol. The predicted octanol–water partition coefficient (Wildman–Crippen LogP) is 2.96. The zero-order chi connectivity index (χ0) is 12.3. The highest BCUT2D eigenvalue weighted by atomic mass is 35.5. The van der Waals surface area contributed by atoms with E-state index in [1.165, 1.54) is 6.07 Å². The van der Waals surface area contributed by atoms with Crippen LogP contribution >= 0.6 is 23.2 Å². The van der Waals surface area contributed by atoms with Crippen LogP contribution in [0.3, 0.4) is 0 Å². The van der Waals surface area contributed by atoms with E-state index < -0.39 is 22.0 Å². The van der Waals surface area contributed by atoms with Gasteiger partial charge in [0.1, 0.15) is 0 Å². The third kappa shape index (κ3) is 3.47. The second-order valence-electron chi connectivity index (χ2n) is 3.28. The number of benzene rings is 1. The summed E-state index contributed by atoms with van der Waals surface area (Å²) < 4.78 is 12.0. The highest BCUT2D eigenvalue weighted by molar-refractivity contribution is 7.85. The first-order valence-corrected chi connectivity index (χ1v) is 6.46. The minimum absolute atomic E-state index is 0.171. The number of carbonyl (C=O) groups is 1. The minimum atomic E-state index is -1.47. The maximum Gasteiger partial charge on any atom is 0.304 e. The second-order valence-corrected chi connectivity index (χ2v) is 5.96. The van der Waals surface area contributed by atoms with Gasteiger partial charge in [0.25, 0.3) is 0 Å². The lowest BCUT2D eigenvalue weighted by atomic mass is 10.3. The van der Waals surface area contributed by atoms with Crippen molar-refractivity contribution < 1.29 is 14.1 Å². The van der Waals surface area contributed by atoms with Crippen LogP contribution in [0.25, 0.3) is 0 Å². The Kier molecular flexibility index (Phi) is 4.77. The Morgan fingerprint density at radius 3 is 2.69 bits per heavy atom. The van der Waals surface area contributed by atoms with E-state index in [-0.39, 0.29) is 6.42 Å². The summed E-state index contributed by atoms with van der Waals surface area (Å²) in [7, 11) is -1.47. The average Bonchev–Trinajstić information content (AvgIpc) is 2.19. The first-order valence-electron chi connectivity index (χ1n) is 4.49. The number of hydrogen-bond acceptors (Lipinski definition) is 2. The lowest BCUT2D eigenvalue weighted by Gasteiger charge is -2.10. The summed E-state index contributed by atoms with van der Waals surface area (Å²) in [6.07, 6.45) is -0.171. The summed E-state index contributed by atoms with van der Waals surface area (Å²) in [5.74, 6) is -0.987. The Morgan fingerprint density at radius 1 is 1.50 bits per heavy atom. The fourth-order valence-corrected chi connectivity index (χ4v) is 2.98. The van der Waals surface area contributed by atoms with Gasteiger partial charge in [0.05, 0.1) is 27.1 Å². The third-order valence-corrected chi connectivity index (χ3v) is 4.28. The van der Waals surface area contributed by atoms with Gasteiger partial charge in [0.15, 0.2) is 0 Å². The van der Waals surface area contributed by atoms with Gasteiger partial charge < -0.3 is 5.11 Å². The molecule has 1 N–H and O–H groups in total. The van der Waals surface area contributed by atoms with Crippen molar-refractivity contribution >= 4 is 40.0 Å². The molecule has 0 fully saturated rings. The molecule has 1 aromatic carbocycles. The van der Waals surface area contributed by atoms with Crippen LogP contribution in [0.15, 0.2) is 23.1 Å². The van der Waals surface area contributed by atoms with Crippen LogP contribution in [0.2, 0.25) is 10.0 Å². The molecule has 3 nitrogen and oxygen atoms in total. The lowest BCUT2D eigenvalue weighted by molar-refractivity contribution is -0.136. The average molecular weight is 281 g/mol. The molecular formula is C10H10Cl2O3S. The number of rotatable bonds is 4. The molecule has 6 heteroatoms. The molecular weight excluding hydrogens is 271 g/mol. The number of hydrogen-bond donors (Lipinski definition) is 1. The van der Waals surface area contributed by atoms with Crippen LogP contribution in [0.1, 0.15) is 13.3 Å². The summed E-state index contributed by atoms with van der Waals surface area (Å²) in [6.45, 7) is 1.60. The van der Waals surface area contributed by atoms with Crippen LogP contribution in [-0.2, 0) is 15.6 Å². The highest BCUT2D eigenvalue weighted by Gasteiger charge is 2.19. The lowest BCUT2D eigenvalue weighted by Crippen LogP contribution is -2.16. The summed E-state index contributed by atoms with van der Waals surface area (Å²) in [6, 6.07) is 4.63. The Labute approximate surface area is 106 Å². The van der Waals surface area contributed by atoms with E-state index in [4.69, 9.17) is 28.3 Å². The van der Waals surface area contributed by atoms with E-state index in [9.17, 15) is 9.00 Å². The van der Waals surface area contributed by atoms with Gasteiger partial charge in [-0.3, -0.25) is 9.00 Å². The van der Waals surface area contributed by atoms with Crippen molar-refractivity contribution in [3.8, 4) is 0 Å². The summed E-state index contributed by atoms with van der Waals surface area (Å²) in [5, 5.41) is 8.86. The number of halogens is 2. The van der Waals surface area contributed by atoms with E-state index in [2.05, 4.69) is 0 Å². The van der Waals surface area contributed by atoms with Crippen LogP contribution < -0.4 is 0 Å². The van der Waals surface area contributed by atoms with Crippen molar-refractivity contribution in [3.63, 3.8) is 0 Å². The molecule has 0 heterocycles. The van der Waals surface area contributed by atoms with E-state index in [0.29, 0.717) is 14.9 Å². The minimum Gasteiger partial charge on any atom is -0.481 e. The SMILES string of the molecule is CC(CC(=O)O)S(=O)c1cc(Cl)ccc1Cl. The van der Waals surface area contributed by atoms with Gasteiger partial charge in [-0.15, -0.1) is 0 Å². The van der Waals surface area contributed by atoms with Crippen molar-refractivity contribution in [1.29, 1.82) is 0 Å². The van der Waals surface area contributed by atoms with Gasteiger partial charge in [-0.2, -0.15) is 0 Å². The molecule has 0 saturated heterocycles. The standard InChI is InChI=1S/C10H10Cl2O3S/c1-6(4-10(13)14)16(15)9-5-7(11)2-3-8(9)12/h2-3,5-6H,4H2,1H3,(H,13,14). The summed E-state index contributed by atoms with van der Waals surface area (Å²) in [5.41, 5.74) is 0. The molecule has 0 saturated carbocycles. The molecule has 2 unspecified atom stereocenters. The topological polar surface area (TPSA) is 54.4 Å². The summed E-state index contributed by atoms with van der Waals surface area (Å²) >= 11 is 11.6. The van der Waals surface area contributed by atoms with Crippen molar-refractivity contribution in [2.45, 2.75) is 23.5 Å². The van der Waals surface area contributed by atoms with Crippen molar-refractivity contribution in [3.05, 3.63) is 28.2 Å². The fourth-order valence-electron chi connectivity index (χ4n) is 1.17. The molecule has 2 atom stereocenters. The van der Waals surface area contributed by atoms with Crippen LogP contribution in [0.5, 0.6) is 0 Å². The maximum atomic E-state index is 12.0. The zero-order valence-electron chi connectivity index (χ0n) is 8.44. The predicted molar refractivity (Wildman–Crippen MR) is 64.6 cm³/mol. The Hall–Kier alpha value is -0.580. The molecule has 0 bridgehead atoms. The highest BCUT2D eigenvalue weighted by Crippen LogP contribution is 2.26. The first kappa shape index (κ1) is 13.5. The number of carboxylic acids is 1. The molecule has 0 amide bonds. The van der Waals surface area contributed by atoms with Gasteiger partial charge in [-0.25, -0.2) is 0 Å². The largest absolute Gasteiger partial charge is 0.481 e. The first-order chi connectivity index (χ1) is 7.41. The normalized spacial score (nSPS) is 14.4. The molecule has 1 aromatic rings. The molecule has 0 aliphatic heterocycles. The maximum absolute atomic E-state index is 12.0. The Morgan fingerprint density at radius 2 is 2.12 bits per heavy atom. The third-order valence-electron chi connectivity index (χ3n) is 1.94. The van der Waals surface area contributed by atoms with Crippen molar-refractivity contribution in [1.82, 2.24) is 0 Å². The Bertz CT molecular complexity index is 434. The van der Waals surface area contributed by atoms with Gasteiger partial charge in [0, 0.05) is 10.3 Å². The summed E-state index contributed by atoms with van der Waals surface area (Å²) in [4.78, 5) is 10.9. The molecule has 16 heavy (non-hydrogen) atoms. The molecule has 88 valence electrons. The van der Waals surface area contributed by atoms with E-state index in [1.807, 2.05) is 0 Å². The van der Waals surface area contributed by atoms with Gasteiger partial charge in [-0.1, -0.05) is 23.2 Å². The van der Waals surface area contributed by atoms with E-state index >= 15 is 0 Å². The zero-order valence-corrected chi connectivity index (χ0v) is 10.8. The molecule has 0 aromatic heterocycles. The smallest absolute Gasteiger partial charge is 0.304 e. The van der Waals surface area contributed by atoms with Gasteiger partial charge in [-0.05, 0) is 25.1 Å². The van der Waals surface area contributed by atoms with E-state index in [1.54, 1.807) is 19.1 Å². The van der Waals surface area contributed by atoms with E-state index in [0.717, 1.165) is 0 Å². The molecule has 0 spiro atoms. The second kappa shape index (κ2) is 5.66. The number of carboxylic acid groups (broad SMARTS) is 1. The molecule has 0 radical (unpaired) electrons. The van der Waals surface area contributed by atoms with Crippen molar-refractivity contribution in [2.75, 3.05) is 0 Å². The molecule has 1 rings (SSSR count). The fraction of sp³-hybridized carbons (Fsp3) is 0.300.